The van der Waals surface area contributed by atoms with Gasteiger partial charge >= 0.3 is 6.09 Å². The van der Waals surface area contributed by atoms with E-state index in [1.165, 1.54) is 11.8 Å². The second kappa shape index (κ2) is 5.87. The molecule has 1 rings (SSSR count). The summed E-state index contributed by atoms with van der Waals surface area (Å²) in [5.41, 5.74) is 0. The Morgan fingerprint density at radius 2 is 2.64 bits per heavy atom. The Kier molecular flexibility index (Phi) is 4.75. The Labute approximate surface area is 90.9 Å². The highest BCUT2D eigenvalue weighted by Gasteiger charge is 2.11. The molecule has 1 heterocycles. The summed E-state index contributed by atoms with van der Waals surface area (Å²) in [6.07, 6.45) is -0.130. The van der Waals surface area contributed by atoms with Crippen molar-refractivity contribution in [3.63, 3.8) is 0 Å². The minimum atomic E-state index is -0.662. The molecule has 0 radical (unpaired) electrons. The van der Waals surface area contributed by atoms with E-state index in [0.29, 0.717) is 11.6 Å². The topological polar surface area (TPSA) is 63.0 Å². The number of oxime groups is 1. The SMILES string of the molecule is CC/C(Cl)=N/OC(=O)NC1=NCCS1. The van der Waals surface area contributed by atoms with Crippen molar-refractivity contribution in [2.75, 3.05) is 12.3 Å². The van der Waals surface area contributed by atoms with E-state index in [1.807, 2.05) is 6.92 Å². The van der Waals surface area contributed by atoms with E-state index in [-0.39, 0.29) is 5.17 Å². The van der Waals surface area contributed by atoms with Crippen LogP contribution in [0.5, 0.6) is 0 Å². The predicted molar refractivity (Wildman–Crippen MR) is 58.0 cm³/mol. The van der Waals surface area contributed by atoms with Crippen molar-refractivity contribution in [2.24, 2.45) is 10.1 Å². The molecule has 1 aliphatic rings. The Hall–Kier alpha value is -0.750. The Morgan fingerprint density at radius 1 is 1.86 bits per heavy atom. The maximum atomic E-state index is 11.0. The summed E-state index contributed by atoms with van der Waals surface area (Å²) in [5, 5.41) is 6.65. The predicted octanol–water partition coefficient (Wildman–Crippen LogP) is 1.78. The van der Waals surface area contributed by atoms with Crippen LogP contribution in [-0.2, 0) is 4.84 Å². The lowest BCUT2D eigenvalue weighted by Gasteiger charge is -2.00. The van der Waals surface area contributed by atoms with Gasteiger partial charge in [0.15, 0.2) is 5.17 Å². The van der Waals surface area contributed by atoms with Crippen LogP contribution in [0, 0.1) is 0 Å². The smallest absolute Gasteiger partial charge is 0.297 e. The minimum Gasteiger partial charge on any atom is -0.297 e. The number of amides is 1. The monoisotopic (exact) mass is 235 g/mol. The van der Waals surface area contributed by atoms with Crippen LogP contribution < -0.4 is 5.32 Å². The number of rotatable bonds is 2. The number of thioether (sulfide) groups is 1. The molecule has 0 atom stereocenters. The van der Waals surface area contributed by atoms with Gasteiger partial charge in [-0.3, -0.25) is 15.1 Å². The summed E-state index contributed by atoms with van der Waals surface area (Å²) < 4.78 is 0. The van der Waals surface area contributed by atoms with Crippen molar-refractivity contribution in [2.45, 2.75) is 13.3 Å². The molecule has 0 fully saturated rings. The van der Waals surface area contributed by atoms with Crippen LogP contribution in [0.1, 0.15) is 13.3 Å². The molecule has 0 saturated carbocycles. The average Bonchev–Trinajstić information content (AvgIpc) is 2.66. The highest BCUT2D eigenvalue weighted by atomic mass is 35.5. The van der Waals surface area contributed by atoms with Crippen molar-refractivity contribution >= 4 is 39.8 Å². The van der Waals surface area contributed by atoms with Gasteiger partial charge in [-0.15, -0.1) is 0 Å². The molecule has 7 heteroatoms. The molecule has 14 heavy (non-hydrogen) atoms. The molecule has 0 aromatic heterocycles. The summed E-state index contributed by atoms with van der Waals surface area (Å²) in [7, 11) is 0. The lowest BCUT2D eigenvalue weighted by Crippen LogP contribution is -2.26. The maximum absolute atomic E-state index is 11.0. The van der Waals surface area contributed by atoms with Crippen LogP contribution in [0.15, 0.2) is 10.1 Å². The number of carbonyl (C=O) groups is 1. The summed E-state index contributed by atoms with van der Waals surface area (Å²) in [6, 6.07) is 0. The van der Waals surface area contributed by atoms with Crippen LogP contribution in [0.2, 0.25) is 0 Å². The second-order valence-electron chi connectivity index (χ2n) is 2.36. The van der Waals surface area contributed by atoms with Crippen LogP contribution in [0.4, 0.5) is 4.79 Å². The summed E-state index contributed by atoms with van der Waals surface area (Å²) >= 11 is 7.00. The van der Waals surface area contributed by atoms with Gasteiger partial charge in [-0.05, 0) is 0 Å². The average molecular weight is 236 g/mol. The molecule has 0 bridgehead atoms. The Balaban J connectivity index is 2.28. The van der Waals surface area contributed by atoms with Crippen molar-refractivity contribution in [3.05, 3.63) is 0 Å². The fraction of sp³-hybridized carbons (Fsp3) is 0.571. The first-order valence-electron chi connectivity index (χ1n) is 4.10. The zero-order chi connectivity index (χ0) is 10.4. The van der Waals surface area contributed by atoms with E-state index in [2.05, 4.69) is 20.3 Å². The first-order valence-corrected chi connectivity index (χ1v) is 5.46. The summed E-state index contributed by atoms with van der Waals surface area (Å²) in [6.45, 7) is 2.53. The quantitative estimate of drug-likeness (QED) is 0.451. The molecule has 0 aromatic rings. The summed E-state index contributed by atoms with van der Waals surface area (Å²) in [5.74, 6) is 0.884. The van der Waals surface area contributed by atoms with Gasteiger partial charge in [0, 0.05) is 12.2 Å². The number of nitrogens with one attached hydrogen (secondary N) is 1. The molecule has 1 aliphatic heterocycles. The van der Waals surface area contributed by atoms with Crippen LogP contribution in [-0.4, -0.2) is 28.7 Å². The van der Waals surface area contributed by atoms with E-state index in [1.54, 1.807) is 0 Å². The lowest BCUT2D eigenvalue weighted by atomic mass is 10.5. The number of hydrogen-bond acceptors (Lipinski definition) is 5. The molecule has 0 unspecified atom stereocenters. The fourth-order valence-corrected chi connectivity index (χ4v) is 1.42. The molecule has 5 nitrogen and oxygen atoms in total. The van der Waals surface area contributed by atoms with Gasteiger partial charge in [0.1, 0.15) is 5.17 Å². The van der Waals surface area contributed by atoms with Crippen LogP contribution in [0.3, 0.4) is 0 Å². The molecule has 0 saturated heterocycles. The van der Waals surface area contributed by atoms with E-state index in [0.717, 1.165) is 12.3 Å². The molecule has 0 aliphatic carbocycles. The highest BCUT2D eigenvalue weighted by Crippen LogP contribution is 2.08. The number of aliphatic imine (C=N–C) groups is 1. The van der Waals surface area contributed by atoms with Gasteiger partial charge in [0.2, 0.25) is 0 Å². The third kappa shape index (κ3) is 3.97. The number of hydrogen-bond donors (Lipinski definition) is 1. The molecule has 0 aromatic carbocycles. The molecular weight excluding hydrogens is 226 g/mol. The van der Waals surface area contributed by atoms with Crippen molar-refractivity contribution < 1.29 is 9.63 Å². The van der Waals surface area contributed by atoms with Crippen molar-refractivity contribution in [3.8, 4) is 0 Å². The molecular formula is C7H10ClN3O2S. The third-order valence-corrected chi connectivity index (χ3v) is 2.54. The first-order chi connectivity index (χ1) is 6.72. The van der Waals surface area contributed by atoms with Gasteiger partial charge in [-0.2, -0.15) is 0 Å². The lowest BCUT2D eigenvalue weighted by molar-refractivity contribution is 0.156. The summed E-state index contributed by atoms with van der Waals surface area (Å²) in [4.78, 5) is 19.5. The van der Waals surface area contributed by atoms with Crippen LogP contribution in [0.25, 0.3) is 0 Å². The highest BCUT2D eigenvalue weighted by molar-refractivity contribution is 8.14. The minimum absolute atomic E-state index is 0.251. The molecule has 0 spiro atoms. The standard InChI is InChI=1S/C7H10ClN3O2S/c1-2-5(8)11-13-7(12)10-6-9-3-4-14-6/h2-4H2,1H3,(H,9,10,12)/b11-5-. The number of carbonyl (C=O) groups excluding carboxylic acids is 1. The largest absolute Gasteiger partial charge is 0.439 e. The zero-order valence-electron chi connectivity index (χ0n) is 7.62. The Bertz CT molecular complexity index is 280. The number of halogens is 1. The molecule has 1 amide bonds. The van der Waals surface area contributed by atoms with E-state index < -0.39 is 6.09 Å². The zero-order valence-corrected chi connectivity index (χ0v) is 9.19. The van der Waals surface area contributed by atoms with Crippen molar-refractivity contribution in [1.82, 2.24) is 5.32 Å². The maximum Gasteiger partial charge on any atom is 0.439 e. The molecule has 78 valence electrons. The van der Waals surface area contributed by atoms with Gasteiger partial charge in [0.05, 0.1) is 6.54 Å². The first kappa shape index (κ1) is 11.3. The van der Waals surface area contributed by atoms with E-state index in [4.69, 9.17) is 11.6 Å². The molecule has 1 N–H and O–H groups in total. The number of nitrogens with zero attached hydrogens (tertiary/aromatic N) is 2. The fourth-order valence-electron chi connectivity index (χ4n) is 0.676. The third-order valence-electron chi connectivity index (χ3n) is 1.31. The second-order valence-corrected chi connectivity index (χ2v) is 3.88. The van der Waals surface area contributed by atoms with E-state index in [9.17, 15) is 4.79 Å². The normalized spacial score (nSPS) is 16.4. The number of amidine groups is 1. The Morgan fingerprint density at radius 3 is 3.21 bits per heavy atom. The van der Waals surface area contributed by atoms with Gasteiger partial charge in [-0.25, -0.2) is 4.79 Å². The van der Waals surface area contributed by atoms with E-state index >= 15 is 0 Å². The van der Waals surface area contributed by atoms with Gasteiger partial charge in [-0.1, -0.05) is 35.4 Å². The van der Waals surface area contributed by atoms with Gasteiger partial charge in [0.25, 0.3) is 0 Å². The van der Waals surface area contributed by atoms with Gasteiger partial charge < -0.3 is 0 Å². The van der Waals surface area contributed by atoms with Crippen molar-refractivity contribution in [1.29, 1.82) is 0 Å². The van der Waals surface area contributed by atoms with Crippen LogP contribution >= 0.6 is 23.4 Å².